The number of piperazine rings is 1. The van der Waals surface area contributed by atoms with E-state index in [9.17, 15) is 13.2 Å². The van der Waals surface area contributed by atoms with Crippen LogP contribution in [0.2, 0.25) is 0 Å². The lowest BCUT2D eigenvalue weighted by atomic mass is 10.3. The van der Waals surface area contributed by atoms with Gasteiger partial charge in [0.15, 0.2) is 0 Å². The van der Waals surface area contributed by atoms with Gasteiger partial charge in [0, 0.05) is 39.1 Å². The highest BCUT2D eigenvalue weighted by atomic mass is 32.2. The highest BCUT2D eigenvalue weighted by Crippen LogP contribution is 2.15. The summed E-state index contributed by atoms with van der Waals surface area (Å²) < 4.78 is 24.1. The van der Waals surface area contributed by atoms with Gasteiger partial charge in [-0.15, -0.1) is 0 Å². The van der Waals surface area contributed by atoms with Crippen LogP contribution in [0.5, 0.6) is 0 Å². The van der Waals surface area contributed by atoms with Crippen LogP contribution in [0.4, 0.5) is 0 Å². The molecule has 1 N–H and O–H groups in total. The van der Waals surface area contributed by atoms with Crippen molar-refractivity contribution in [1.82, 2.24) is 14.5 Å². The third kappa shape index (κ3) is 3.17. The Labute approximate surface area is 102 Å². The predicted octanol–water partition coefficient (Wildman–Crippen LogP) is -1.16. The predicted molar refractivity (Wildman–Crippen MR) is 64.0 cm³/mol. The minimum absolute atomic E-state index is 0.0144. The van der Waals surface area contributed by atoms with Crippen LogP contribution < -0.4 is 5.32 Å². The number of sulfonamides is 1. The molecule has 2 fully saturated rings. The molecular weight excluding hydrogens is 242 g/mol. The highest BCUT2D eigenvalue weighted by Gasteiger charge is 2.34. The van der Waals surface area contributed by atoms with Crippen molar-refractivity contribution in [3.05, 3.63) is 0 Å². The van der Waals surface area contributed by atoms with E-state index in [1.807, 2.05) is 0 Å². The lowest BCUT2D eigenvalue weighted by Gasteiger charge is -2.27. The van der Waals surface area contributed by atoms with Crippen molar-refractivity contribution in [2.75, 3.05) is 45.0 Å². The second-order valence-electron chi connectivity index (χ2n) is 4.48. The summed E-state index contributed by atoms with van der Waals surface area (Å²) in [6.07, 6.45) is 0.876. The summed E-state index contributed by atoms with van der Waals surface area (Å²) in [5, 5.41) is 3.26. The van der Waals surface area contributed by atoms with Crippen molar-refractivity contribution in [2.45, 2.75) is 12.8 Å². The molecule has 2 saturated heterocycles. The van der Waals surface area contributed by atoms with E-state index in [0.29, 0.717) is 6.54 Å². The van der Waals surface area contributed by atoms with Crippen LogP contribution in [-0.4, -0.2) is 68.6 Å². The summed E-state index contributed by atoms with van der Waals surface area (Å²) in [5.74, 6) is -0.259. The fourth-order valence-corrected chi connectivity index (χ4v) is 3.70. The van der Waals surface area contributed by atoms with Crippen LogP contribution in [0.3, 0.4) is 0 Å². The lowest BCUT2D eigenvalue weighted by Crippen LogP contribution is -2.44. The molecule has 2 heterocycles. The number of hydrogen-bond donors (Lipinski definition) is 1. The van der Waals surface area contributed by atoms with Crippen LogP contribution in [0.25, 0.3) is 0 Å². The van der Waals surface area contributed by atoms with Crippen molar-refractivity contribution < 1.29 is 13.2 Å². The maximum absolute atomic E-state index is 11.5. The number of nitrogens with one attached hydrogen (secondary N) is 1. The quantitative estimate of drug-likeness (QED) is 0.691. The second kappa shape index (κ2) is 5.32. The molecule has 0 saturated carbocycles. The Morgan fingerprint density at radius 3 is 2.47 bits per heavy atom. The summed E-state index contributed by atoms with van der Waals surface area (Å²) in [6, 6.07) is 0. The zero-order chi connectivity index (χ0) is 12.3. The van der Waals surface area contributed by atoms with Crippen LogP contribution >= 0.6 is 0 Å². The Morgan fingerprint density at radius 1 is 1.18 bits per heavy atom. The first-order valence-electron chi connectivity index (χ1n) is 6.06. The zero-order valence-corrected chi connectivity index (χ0v) is 10.7. The van der Waals surface area contributed by atoms with Crippen molar-refractivity contribution in [2.24, 2.45) is 0 Å². The molecule has 0 aromatic heterocycles. The Balaban J connectivity index is 1.76. The highest BCUT2D eigenvalue weighted by molar-refractivity contribution is 7.90. The number of nitrogens with zero attached hydrogens (tertiary/aromatic N) is 2. The van der Waals surface area contributed by atoms with E-state index in [4.69, 9.17) is 0 Å². The molecule has 0 unspecified atom stereocenters. The van der Waals surface area contributed by atoms with Gasteiger partial charge in [-0.05, 0) is 13.0 Å². The molecule has 0 radical (unpaired) electrons. The molecule has 98 valence electrons. The lowest BCUT2D eigenvalue weighted by molar-refractivity contribution is -0.125. The zero-order valence-electron chi connectivity index (χ0n) is 9.89. The van der Waals surface area contributed by atoms with Crippen molar-refractivity contribution >= 4 is 15.9 Å². The van der Waals surface area contributed by atoms with E-state index < -0.39 is 10.0 Å². The topological polar surface area (TPSA) is 69.7 Å². The van der Waals surface area contributed by atoms with Gasteiger partial charge in [-0.3, -0.25) is 4.79 Å². The first-order valence-corrected chi connectivity index (χ1v) is 7.67. The maximum atomic E-state index is 11.5. The molecule has 0 bridgehead atoms. The number of rotatable bonds is 4. The Bertz CT molecular complexity index is 376. The van der Waals surface area contributed by atoms with Gasteiger partial charge in [-0.2, -0.15) is 0 Å². The van der Waals surface area contributed by atoms with Gasteiger partial charge in [-0.1, -0.05) is 0 Å². The first-order chi connectivity index (χ1) is 8.09. The summed E-state index contributed by atoms with van der Waals surface area (Å²) in [4.78, 5) is 13.7. The number of carbonyl (C=O) groups is 1. The molecule has 7 heteroatoms. The van der Waals surface area contributed by atoms with Crippen molar-refractivity contribution in [3.63, 3.8) is 0 Å². The van der Waals surface area contributed by atoms with Gasteiger partial charge in [-0.25, -0.2) is 12.7 Å². The van der Waals surface area contributed by atoms with Crippen LogP contribution in [0.1, 0.15) is 12.8 Å². The fraction of sp³-hybridized carbons (Fsp3) is 0.900. The smallest absolute Gasteiger partial charge is 0.237 e. The minimum Gasteiger partial charge on any atom is -0.314 e. The summed E-state index contributed by atoms with van der Waals surface area (Å²) >= 11 is 0. The van der Waals surface area contributed by atoms with Gasteiger partial charge in [0.05, 0.1) is 5.75 Å². The molecule has 2 rings (SSSR count). The molecule has 0 atom stereocenters. The maximum Gasteiger partial charge on any atom is 0.237 e. The van der Waals surface area contributed by atoms with Gasteiger partial charge in [0.2, 0.25) is 15.9 Å². The average molecular weight is 261 g/mol. The molecule has 0 aromatic rings. The van der Waals surface area contributed by atoms with E-state index in [1.54, 1.807) is 0 Å². The van der Waals surface area contributed by atoms with E-state index >= 15 is 0 Å². The van der Waals surface area contributed by atoms with E-state index in [-0.39, 0.29) is 18.1 Å². The van der Waals surface area contributed by atoms with Crippen LogP contribution in [0.15, 0.2) is 0 Å². The number of carbonyl (C=O) groups excluding carboxylic acids is 1. The number of amides is 1. The van der Waals surface area contributed by atoms with Gasteiger partial charge in [0.25, 0.3) is 0 Å². The summed E-state index contributed by atoms with van der Waals surface area (Å²) in [5.41, 5.74) is 0. The van der Waals surface area contributed by atoms with E-state index in [2.05, 4.69) is 10.2 Å². The van der Waals surface area contributed by atoms with E-state index in [1.165, 1.54) is 0 Å². The van der Waals surface area contributed by atoms with Gasteiger partial charge in [0.1, 0.15) is 0 Å². The molecule has 0 aliphatic carbocycles. The van der Waals surface area contributed by atoms with Crippen molar-refractivity contribution in [1.29, 1.82) is 0 Å². The largest absolute Gasteiger partial charge is 0.314 e. The Morgan fingerprint density at radius 2 is 1.88 bits per heavy atom. The summed E-state index contributed by atoms with van der Waals surface area (Å²) in [6.45, 7) is 5.18. The molecule has 2 aliphatic rings. The Hall–Kier alpha value is -0.660. The van der Waals surface area contributed by atoms with Gasteiger partial charge < -0.3 is 10.2 Å². The molecular formula is C10H19N3O3S. The molecule has 1 amide bonds. The van der Waals surface area contributed by atoms with Gasteiger partial charge >= 0.3 is 0 Å². The molecule has 0 aromatic carbocycles. The number of hydrogen-bond acceptors (Lipinski definition) is 5. The molecule has 6 nitrogen and oxygen atoms in total. The van der Waals surface area contributed by atoms with Crippen molar-refractivity contribution in [3.8, 4) is 0 Å². The third-order valence-electron chi connectivity index (χ3n) is 3.23. The Kier molecular flexibility index (Phi) is 4.01. The SMILES string of the molecule is O=C1CCS(=O)(=O)N1CCCN1CCNCC1. The fourth-order valence-electron chi connectivity index (χ4n) is 2.24. The standard InChI is InChI=1S/C10H19N3O3S/c14-10-2-9-17(15,16)13(10)6-1-5-12-7-3-11-4-8-12/h11H,1-9H2. The monoisotopic (exact) mass is 261 g/mol. The molecule has 2 aliphatic heterocycles. The van der Waals surface area contributed by atoms with E-state index in [0.717, 1.165) is 43.4 Å². The first kappa shape index (κ1) is 12.8. The second-order valence-corrected chi connectivity index (χ2v) is 6.49. The van der Waals surface area contributed by atoms with Crippen LogP contribution in [-0.2, 0) is 14.8 Å². The minimum atomic E-state index is -3.29. The average Bonchev–Trinajstić information content (AvgIpc) is 2.57. The normalized spacial score (nSPS) is 25.4. The van der Waals surface area contributed by atoms with Crippen LogP contribution in [0, 0.1) is 0 Å². The third-order valence-corrected chi connectivity index (χ3v) is 5.01. The molecule has 17 heavy (non-hydrogen) atoms. The molecule has 0 spiro atoms. The summed E-state index contributed by atoms with van der Waals surface area (Å²) in [7, 11) is -3.29.